The maximum Gasteiger partial charge on any atom is 0.255 e. The zero-order valence-corrected chi connectivity index (χ0v) is 13.0. The summed E-state index contributed by atoms with van der Waals surface area (Å²) in [4.78, 5) is 18.1. The number of rotatable bonds is 3. The Morgan fingerprint density at radius 2 is 2.14 bits per heavy atom. The van der Waals surface area contributed by atoms with Crippen molar-refractivity contribution >= 4 is 23.4 Å². The molecule has 1 aliphatic carbocycles. The van der Waals surface area contributed by atoms with Crippen LogP contribution in [-0.2, 0) is 6.54 Å². The average molecular weight is 319 g/mol. The molecule has 108 valence electrons. The normalized spacial score (nSPS) is 20.5. The van der Waals surface area contributed by atoms with Gasteiger partial charge in [0.25, 0.3) is 5.56 Å². The Hall–Kier alpha value is -1.26. The summed E-state index contributed by atoms with van der Waals surface area (Å²) >= 11 is 7.84. The highest BCUT2D eigenvalue weighted by Crippen LogP contribution is 2.42. The minimum Gasteiger partial charge on any atom is -0.296 e. The van der Waals surface area contributed by atoms with Crippen LogP contribution >= 0.6 is 23.4 Å². The molecule has 1 aliphatic heterocycles. The van der Waals surface area contributed by atoms with Crippen LogP contribution in [0.3, 0.4) is 0 Å². The third-order valence-corrected chi connectivity index (χ3v) is 5.60. The average Bonchev–Trinajstić information content (AvgIpc) is 3.23. The summed E-state index contributed by atoms with van der Waals surface area (Å²) in [5, 5.41) is 0.319. The van der Waals surface area contributed by atoms with Crippen molar-refractivity contribution in [3.8, 4) is 0 Å². The standard InChI is InChI=1S/C16H15ClN2OS/c17-14-7-15(20)19(16(18-14)10-5-6-10)8-11-9-21-13-4-2-1-3-12(11)13/h1-4,7,10-11H,5-6,8-9H2. The van der Waals surface area contributed by atoms with Crippen molar-refractivity contribution in [2.75, 3.05) is 5.75 Å². The van der Waals surface area contributed by atoms with Crippen molar-refractivity contribution in [1.82, 2.24) is 9.55 Å². The van der Waals surface area contributed by atoms with Crippen LogP contribution < -0.4 is 5.56 Å². The number of fused-ring (bicyclic) bond motifs is 1. The second kappa shape index (κ2) is 5.18. The number of aromatic nitrogens is 2. The molecule has 2 heterocycles. The summed E-state index contributed by atoms with van der Waals surface area (Å²) < 4.78 is 1.84. The Balaban J connectivity index is 1.71. The van der Waals surface area contributed by atoms with Gasteiger partial charge in [-0.15, -0.1) is 11.8 Å². The molecular formula is C16H15ClN2OS. The van der Waals surface area contributed by atoms with Crippen LogP contribution in [0.15, 0.2) is 40.0 Å². The van der Waals surface area contributed by atoms with Crippen LogP contribution in [0.1, 0.15) is 36.1 Å². The van der Waals surface area contributed by atoms with Gasteiger partial charge in [-0.25, -0.2) is 4.98 Å². The van der Waals surface area contributed by atoms with Gasteiger partial charge < -0.3 is 0 Å². The Morgan fingerprint density at radius 3 is 2.95 bits per heavy atom. The lowest BCUT2D eigenvalue weighted by Crippen LogP contribution is -2.27. The van der Waals surface area contributed by atoms with Crippen LogP contribution in [0.5, 0.6) is 0 Å². The molecule has 5 heteroatoms. The lowest BCUT2D eigenvalue weighted by molar-refractivity contribution is 0.550. The largest absolute Gasteiger partial charge is 0.296 e. The summed E-state index contributed by atoms with van der Waals surface area (Å²) in [5.41, 5.74) is 1.33. The van der Waals surface area contributed by atoms with Gasteiger partial charge in [-0.05, 0) is 24.5 Å². The molecule has 1 fully saturated rings. The molecule has 3 nitrogen and oxygen atoms in total. The molecule has 1 saturated carbocycles. The molecule has 0 N–H and O–H groups in total. The molecule has 4 rings (SSSR count). The van der Waals surface area contributed by atoms with E-state index in [2.05, 4.69) is 29.2 Å². The van der Waals surface area contributed by atoms with E-state index in [1.807, 2.05) is 16.3 Å². The summed E-state index contributed by atoms with van der Waals surface area (Å²) in [6.07, 6.45) is 2.23. The van der Waals surface area contributed by atoms with Gasteiger partial charge >= 0.3 is 0 Å². The van der Waals surface area contributed by atoms with Crippen molar-refractivity contribution in [2.24, 2.45) is 0 Å². The molecule has 1 aromatic heterocycles. The van der Waals surface area contributed by atoms with Crippen LogP contribution in [-0.4, -0.2) is 15.3 Å². The number of hydrogen-bond donors (Lipinski definition) is 0. The van der Waals surface area contributed by atoms with E-state index < -0.39 is 0 Å². The molecule has 0 radical (unpaired) electrons. The number of thioether (sulfide) groups is 1. The molecule has 0 amide bonds. The maximum absolute atomic E-state index is 12.3. The maximum atomic E-state index is 12.3. The molecule has 0 saturated heterocycles. The van der Waals surface area contributed by atoms with E-state index in [0.717, 1.165) is 24.4 Å². The van der Waals surface area contributed by atoms with Crippen molar-refractivity contribution in [2.45, 2.75) is 36.1 Å². The molecule has 2 aromatic rings. The van der Waals surface area contributed by atoms with Crippen molar-refractivity contribution in [1.29, 1.82) is 0 Å². The van der Waals surface area contributed by atoms with Gasteiger partial charge in [0.1, 0.15) is 11.0 Å². The zero-order valence-electron chi connectivity index (χ0n) is 11.5. The number of benzene rings is 1. The van der Waals surface area contributed by atoms with E-state index in [0.29, 0.717) is 23.5 Å². The monoisotopic (exact) mass is 318 g/mol. The Morgan fingerprint density at radius 1 is 1.33 bits per heavy atom. The van der Waals surface area contributed by atoms with E-state index in [1.54, 1.807) is 0 Å². The zero-order chi connectivity index (χ0) is 14.4. The topological polar surface area (TPSA) is 34.9 Å². The van der Waals surface area contributed by atoms with Crippen molar-refractivity contribution < 1.29 is 0 Å². The van der Waals surface area contributed by atoms with Crippen molar-refractivity contribution in [3.63, 3.8) is 0 Å². The minimum absolute atomic E-state index is 0.0220. The lowest BCUT2D eigenvalue weighted by Gasteiger charge is -2.16. The first kappa shape index (κ1) is 13.4. The van der Waals surface area contributed by atoms with Crippen molar-refractivity contribution in [3.05, 3.63) is 57.2 Å². The first-order chi connectivity index (χ1) is 10.2. The lowest BCUT2D eigenvalue weighted by atomic mass is 10.0. The minimum atomic E-state index is -0.0220. The predicted octanol–water partition coefficient (Wildman–Crippen LogP) is 3.66. The summed E-state index contributed by atoms with van der Waals surface area (Å²) in [7, 11) is 0. The number of halogens is 1. The SMILES string of the molecule is O=c1cc(Cl)nc(C2CC2)n1CC1CSc2ccccc21. The highest BCUT2D eigenvalue weighted by molar-refractivity contribution is 7.99. The van der Waals surface area contributed by atoms with E-state index in [9.17, 15) is 4.79 Å². The fraction of sp³-hybridized carbons (Fsp3) is 0.375. The first-order valence-electron chi connectivity index (χ1n) is 7.21. The summed E-state index contributed by atoms with van der Waals surface area (Å²) in [6, 6.07) is 9.90. The Kier molecular flexibility index (Phi) is 3.31. The van der Waals surface area contributed by atoms with E-state index >= 15 is 0 Å². The van der Waals surface area contributed by atoms with E-state index in [-0.39, 0.29) is 5.56 Å². The van der Waals surface area contributed by atoms with Crippen LogP contribution in [0, 0.1) is 0 Å². The van der Waals surface area contributed by atoms with E-state index in [1.165, 1.54) is 16.5 Å². The Labute approximate surface area is 132 Å². The highest BCUT2D eigenvalue weighted by atomic mass is 35.5. The van der Waals surface area contributed by atoms with Gasteiger partial charge in [-0.2, -0.15) is 0 Å². The summed E-state index contributed by atoms with van der Waals surface area (Å²) in [5.74, 6) is 2.70. The molecule has 2 aliphatic rings. The molecule has 1 unspecified atom stereocenters. The Bertz CT molecular complexity index is 754. The third kappa shape index (κ3) is 2.51. The van der Waals surface area contributed by atoms with E-state index in [4.69, 9.17) is 11.6 Å². The number of hydrogen-bond acceptors (Lipinski definition) is 3. The van der Waals surface area contributed by atoms with Gasteiger partial charge in [0.15, 0.2) is 0 Å². The van der Waals surface area contributed by atoms with Gasteiger partial charge in [0.05, 0.1) is 0 Å². The van der Waals surface area contributed by atoms with Gasteiger partial charge in [0.2, 0.25) is 0 Å². The van der Waals surface area contributed by atoms with Crippen LogP contribution in [0.2, 0.25) is 5.15 Å². The van der Waals surface area contributed by atoms with Gasteiger partial charge in [-0.3, -0.25) is 9.36 Å². The quantitative estimate of drug-likeness (QED) is 0.810. The molecule has 0 bridgehead atoms. The smallest absolute Gasteiger partial charge is 0.255 e. The number of nitrogens with zero attached hydrogens (tertiary/aromatic N) is 2. The molecular weight excluding hydrogens is 304 g/mol. The fourth-order valence-corrected chi connectivity index (χ4v) is 4.35. The second-order valence-corrected chi connectivity index (χ2v) is 7.16. The second-order valence-electron chi connectivity index (χ2n) is 5.71. The van der Waals surface area contributed by atoms with Gasteiger partial charge in [0, 0.05) is 35.1 Å². The molecule has 21 heavy (non-hydrogen) atoms. The van der Waals surface area contributed by atoms with Gasteiger partial charge in [-0.1, -0.05) is 29.8 Å². The first-order valence-corrected chi connectivity index (χ1v) is 8.58. The summed E-state index contributed by atoms with van der Waals surface area (Å²) in [6.45, 7) is 0.707. The third-order valence-electron chi connectivity index (χ3n) is 4.15. The van der Waals surface area contributed by atoms with Crippen LogP contribution in [0.4, 0.5) is 0 Å². The molecule has 1 atom stereocenters. The predicted molar refractivity (Wildman–Crippen MR) is 85.4 cm³/mol. The molecule has 0 spiro atoms. The molecule has 1 aromatic carbocycles. The highest BCUT2D eigenvalue weighted by Gasteiger charge is 2.31. The fourth-order valence-electron chi connectivity index (χ4n) is 2.93. The van der Waals surface area contributed by atoms with Crippen LogP contribution in [0.25, 0.3) is 0 Å².